The average molecular weight is 439 g/mol. The van der Waals surface area contributed by atoms with Gasteiger partial charge in [-0.05, 0) is 39.0 Å². The van der Waals surface area contributed by atoms with Crippen LogP contribution in [0.1, 0.15) is 27.2 Å². The summed E-state index contributed by atoms with van der Waals surface area (Å²) in [6, 6.07) is 4.96. The van der Waals surface area contributed by atoms with Gasteiger partial charge in [0.15, 0.2) is 6.10 Å². The van der Waals surface area contributed by atoms with Gasteiger partial charge in [0.25, 0.3) is 5.91 Å². The molecule has 2 fully saturated rings. The molecule has 1 aromatic rings. The van der Waals surface area contributed by atoms with E-state index in [1.807, 2.05) is 13.8 Å². The summed E-state index contributed by atoms with van der Waals surface area (Å²) in [5, 5.41) is 0.456. The zero-order valence-corrected chi connectivity index (χ0v) is 18.3. The van der Waals surface area contributed by atoms with E-state index in [0.717, 1.165) is 0 Å². The molecule has 2 amide bonds. The van der Waals surface area contributed by atoms with E-state index >= 15 is 0 Å². The third kappa shape index (κ3) is 4.87. The summed E-state index contributed by atoms with van der Waals surface area (Å²) >= 11 is 6.06. The van der Waals surface area contributed by atoms with Crippen molar-refractivity contribution in [2.24, 2.45) is 5.92 Å². The monoisotopic (exact) mass is 438 g/mol. The van der Waals surface area contributed by atoms with Crippen molar-refractivity contribution in [1.82, 2.24) is 4.90 Å². The lowest BCUT2D eigenvalue weighted by atomic mass is 10.1. The summed E-state index contributed by atoms with van der Waals surface area (Å²) in [7, 11) is 1.50. The summed E-state index contributed by atoms with van der Waals surface area (Å²) < 4.78 is 16.4. The molecule has 9 heteroatoms. The molecule has 30 heavy (non-hydrogen) atoms. The Bertz CT molecular complexity index is 822. The second kappa shape index (κ2) is 9.22. The van der Waals surface area contributed by atoms with Crippen molar-refractivity contribution >= 4 is 35.1 Å². The summed E-state index contributed by atoms with van der Waals surface area (Å²) in [6.07, 6.45) is -1.08. The van der Waals surface area contributed by atoms with Crippen molar-refractivity contribution in [3.8, 4) is 5.75 Å². The lowest BCUT2D eigenvalue weighted by Crippen LogP contribution is -2.51. The second-order valence-electron chi connectivity index (χ2n) is 7.80. The van der Waals surface area contributed by atoms with E-state index < -0.39 is 18.0 Å². The van der Waals surface area contributed by atoms with Crippen LogP contribution in [0.5, 0.6) is 5.75 Å². The first-order chi connectivity index (χ1) is 14.2. The molecule has 2 aliphatic heterocycles. The van der Waals surface area contributed by atoms with Crippen LogP contribution in [0.4, 0.5) is 5.69 Å². The van der Waals surface area contributed by atoms with E-state index in [2.05, 4.69) is 0 Å². The number of halogens is 1. The van der Waals surface area contributed by atoms with Crippen LogP contribution in [0.25, 0.3) is 0 Å². The largest absolute Gasteiger partial charge is 0.495 e. The summed E-state index contributed by atoms with van der Waals surface area (Å²) in [5.41, 5.74) is 0.505. The van der Waals surface area contributed by atoms with Crippen molar-refractivity contribution in [3.05, 3.63) is 23.2 Å². The van der Waals surface area contributed by atoms with Gasteiger partial charge in [-0.15, -0.1) is 0 Å². The summed E-state index contributed by atoms with van der Waals surface area (Å²) in [4.78, 5) is 41.0. The van der Waals surface area contributed by atoms with Crippen molar-refractivity contribution in [2.75, 3.05) is 31.6 Å². The number of methoxy groups -OCH3 is 1. The number of carbonyl (C=O) groups excluding carboxylic acids is 3. The molecule has 0 saturated carbocycles. The number of ether oxygens (including phenoxy) is 3. The Morgan fingerprint density at radius 3 is 2.50 bits per heavy atom. The number of morpholine rings is 1. The Morgan fingerprint density at radius 2 is 1.87 bits per heavy atom. The van der Waals surface area contributed by atoms with E-state index in [-0.39, 0.29) is 37.0 Å². The summed E-state index contributed by atoms with van der Waals surface area (Å²) in [6.45, 7) is 6.40. The molecule has 3 rings (SSSR count). The first-order valence-corrected chi connectivity index (χ1v) is 10.4. The third-order valence-corrected chi connectivity index (χ3v) is 5.50. The van der Waals surface area contributed by atoms with Crippen LogP contribution in [0, 0.1) is 5.92 Å². The summed E-state index contributed by atoms with van der Waals surface area (Å²) in [5.74, 6) is -1.24. The van der Waals surface area contributed by atoms with Crippen molar-refractivity contribution < 1.29 is 28.6 Å². The normalized spacial score (nSPS) is 25.2. The highest BCUT2D eigenvalue weighted by atomic mass is 35.5. The van der Waals surface area contributed by atoms with Crippen LogP contribution in [0.15, 0.2) is 18.2 Å². The van der Waals surface area contributed by atoms with Crippen molar-refractivity contribution in [2.45, 2.75) is 45.5 Å². The molecule has 2 heterocycles. The Balaban J connectivity index is 1.63. The first kappa shape index (κ1) is 22.4. The van der Waals surface area contributed by atoms with Crippen LogP contribution >= 0.6 is 11.6 Å². The average Bonchev–Trinajstić information content (AvgIpc) is 3.08. The molecule has 0 aromatic heterocycles. The molecule has 2 saturated heterocycles. The molecule has 0 aliphatic carbocycles. The number of carbonyl (C=O) groups is 3. The van der Waals surface area contributed by atoms with Crippen molar-refractivity contribution in [3.63, 3.8) is 0 Å². The van der Waals surface area contributed by atoms with Crippen LogP contribution < -0.4 is 9.64 Å². The molecule has 4 atom stereocenters. The van der Waals surface area contributed by atoms with Gasteiger partial charge < -0.3 is 24.0 Å². The zero-order chi connectivity index (χ0) is 22.0. The highest BCUT2D eigenvalue weighted by molar-refractivity contribution is 6.31. The molecule has 0 spiro atoms. The van der Waals surface area contributed by atoms with Gasteiger partial charge in [0.1, 0.15) is 5.75 Å². The highest BCUT2D eigenvalue weighted by Crippen LogP contribution is 2.35. The predicted molar refractivity (Wildman–Crippen MR) is 111 cm³/mol. The van der Waals surface area contributed by atoms with Gasteiger partial charge in [-0.2, -0.15) is 0 Å². The number of nitrogens with zero attached hydrogens (tertiary/aromatic N) is 2. The molecule has 0 N–H and O–H groups in total. The number of anilines is 1. The van der Waals surface area contributed by atoms with Crippen LogP contribution in [-0.4, -0.2) is 67.7 Å². The molecule has 164 valence electrons. The molecule has 0 unspecified atom stereocenters. The third-order valence-electron chi connectivity index (χ3n) is 5.26. The fourth-order valence-corrected chi connectivity index (χ4v) is 4.07. The van der Waals surface area contributed by atoms with E-state index in [1.54, 1.807) is 30.0 Å². The quantitative estimate of drug-likeness (QED) is 0.655. The number of rotatable bonds is 5. The van der Waals surface area contributed by atoms with E-state index in [9.17, 15) is 14.4 Å². The van der Waals surface area contributed by atoms with Gasteiger partial charge in [0, 0.05) is 31.1 Å². The minimum absolute atomic E-state index is 0.00103. The molecule has 2 aliphatic rings. The van der Waals surface area contributed by atoms with Crippen molar-refractivity contribution in [1.29, 1.82) is 0 Å². The SMILES string of the molecule is COc1ccc(Cl)cc1N1C[C@H](C(=O)O[C@@H](C)C(=O)N2C[C@@H](C)O[C@@H](C)C2)CC1=O. The van der Waals surface area contributed by atoms with E-state index in [0.29, 0.717) is 29.5 Å². The fourth-order valence-electron chi connectivity index (χ4n) is 3.91. The number of hydrogen-bond acceptors (Lipinski definition) is 6. The van der Waals surface area contributed by atoms with E-state index in [1.165, 1.54) is 12.0 Å². The topological polar surface area (TPSA) is 85.4 Å². The van der Waals surface area contributed by atoms with Gasteiger partial charge in [-0.1, -0.05) is 11.6 Å². The molecule has 0 bridgehead atoms. The second-order valence-corrected chi connectivity index (χ2v) is 8.24. The molecule has 0 radical (unpaired) electrons. The minimum atomic E-state index is -0.931. The molecular weight excluding hydrogens is 412 g/mol. The Morgan fingerprint density at radius 1 is 1.20 bits per heavy atom. The number of amides is 2. The molecular formula is C21H27ClN2O6. The van der Waals surface area contributed by atoms with Gasteiger partial charge in [0.05, 0.1) is 30.9 Å². The van der Waals surface area contributed by atoms with Gasteiger partial charge in [0.2, 0.25) is 5.91 Å². The molecule has 8 nitrogen and oxygen atoms in total. The highest BCUT2D eigenvalue weighted by Gasteiger charge is 2.39. The fraction of sp³-hybridized carbons (Fsp3) is 0.571. The van der Waals surface area contributed by atoms with Crippen LogP contribution in [0.3, 0.4) is 0 Å². The smallest absolute Gasteiger partial charge is 0.312 e. The standard InChI is InChI=1S/C21H27ClN2O6/c1-12-9-23(10-13(2)29-12)20(26)14(3)30-21(27)15-7-19(25)24(11-15)17-8-16(22)5-6-18(17)28-4/h5-6,8,12-15H,7,9-11H2,1-4H3/t12-,13+,14-,15+/m0/s1. The lowest BCUT2D eigenvalue weighted by molar-refractivity contribution is -0.166. The Labute approximate surface area is 181 Å². The predicted octanol–water partition coefficient (Wildman–Crippen LogP) is 2.27. The van der Waals surface area contributed by atoms with Gasteiger partial charge in [-0.3, -0.25) is 14.4 Å². The van der Waals surface area contributed by atoms with E-state index in [4.69, 9.17) is 25.8 Å². The zero-order valence-electron chi connectivity index (χ0n) is 17.6. The number of esters is 1. The first-order valence-electron chi connectivity index (χ1n) is 9.98. The maximum atomic E-state index is 12.7. The maximum Gasteiger partial charge on any atom is 0.312 e. The molecule has 1 aromatic carbocycles. The maximum absolute atomic E-state index is 12.7. The van der Waals surface area contributed by atoms with Gasteiger partial charge in [-0.25, -0.2) is 0 Å². The minimum Gasteiger partial charge on any atom is -0.495 e. The Hall–Kier alpha value is -2.32. The van der Waals surface area contributed by atoms with Crippen LogP contribution in [0.2, 0.25) is 5.02 Å². The Kier molecular flexibility index (Phi) is 6.88. The van der Waals surface area contributed by atoms with Gasteiger partial charge >= 0.3 is 5.97 Å². The number of benzene rings is 1. The van der Waals surface area contributed by atoms with Crippen LogP contribution in [-0.2, 0) is 23.9 Å². The lowest BCUT2D eigenvalue weighted by Gasteiger charge is -2.36. The number of hydrogen-bond donors (Lipinski definition) is 0.